The van der Waals surface area contributed by atoms with Crippen molar-refractivity contribution < 1.29 is 17.0 Å². The first-order valence-electron chi connectivity index (χ1n) is 4.12. The van der Waals surface area contributed by atoms with Gasteiger partial charge in [-0.15, -0.1) is 0 Å². The van der Waals surface area contributed by atoms with E-state index in [1.54, 1.807) is 0 Å². The zero-order chi connectivity index (χ0) is 10.6. The second-order valence-corrected chi connectivity index (χ2v) is 5.08. The quantitative estimate of drug-likeness (QED) is 0.583. The normalized spacial score (nSPS) is 20.5. The first-order chi connectivity index (χ1) is 6.81. The SMILES string of the molecule is C[C]1[CH][CH][CH][CH]1.[CH]1[CH][CH][CH][CH]1.[Cl][Ti][Cl]. The molecule has 74 valence electrons. The van der Waals surface area contributed by atoms with Crippen LogP contribution in [-0.4, -0.2) is 0 Å². The Morgan fingerprint density at radius 1 is 0.786 bits per heavy atom. The fraction of sp³-hybridized carbons (Fsp3) is 0.0909. The molecule has 2 fully saturated rings. The van der Waals surface area contributed by atoms with Crippen molar-refractivity contribution in [3.05, 3.63) is 63.7 Å². The van der Waals surface area contributed by atoms with Crippen LogP contribution in [0.25, 0.3) is 0 Å². The molecule has 0 atom stereocenters. The van der Waals surface area contributed by atoms with Crippen molar-refractivity contribution >= 4 is 18.6 Å². The second-order valence-electron chi connectivity index (χ2n) is 2.50. The van der Waals surface area contributed by atoms with Crippen LogP contribution in [0.5, 0.6) is 0 Å². The fourth-order valence-corrected chi connectivity index (χ4v) is 0.791. The predicted octanol–water partition coefficient (Wildman–Crippen LogP) is 3.81. The van der Waals surface area contributed by atoms with Gasteiger partial charge in [0.1, 0.15) is 0 Å². The molecule has 0 heterocycles. The minimum absolute atomic E-state index is 0.556. The number of halogens is 2. The van der Waals surface area contributed by atoms with Gasteiger partial charge in [0.2, 0.25) is 0 Å². The summed E-state index contributed by atoms with van der Waals surface area (Å²) in [6, 6.07) is 0. The van der Waals surface area contributed by atoms with Crippen molar-refractivity contribution in [2.75, 3.05) is 0 Å². The average molecular weight is 263 g/mol. The molecule has 0 aliphatic heterocycles. The first kappa shape index (κ1) is 15.3. The van der Waals surface area contributed by atoms with Crippen molar-refractivity contribution in [2.24, 2.45) is 0 Å². The standard InChI is InChI=1S/C6H7.C5H5.2ClH.Ti/c1-6-4-2-3-5-6;1-2-4-5-3-1;;;/h2-5H,1H3;1-5H;2*1H;/q;;;;+2/p-2. The van der Waals surface area contributed by atoms with Gasteiger partial charge in [0.15, 0.2) is 0 Å². The van der Waals surface area contributed by atoms with Gasteiger partial charge < -0.3 is 0 Å². The van der Waals surface area contributed by atoms with Gasteiger partial charge in [0.25, 0.3) is 0 Å². The Balaban J connectivity index is 0.000000193. The third-order valence-electron chi connectivity index (χ3n) is 1.38. The summed E-state index contributed by atoms with van der Waals surface area (Å²) in [4.78, 5) is 0. The van der Waals surface area contributed by atoms with Crippen LogP contribution in [0.1, 0.15) is 6.92 Å². The molecule has 2 aliphatic rings. The van der Waals surface area contributed by atoms with Gasteiger partial charge in [-0.3, -0.25) is 0 Å². The molecule has 2 rings (SSSR count). The van der Waals surface area contributed by atoms with E-state index in [1.165, 1.54) is 5.92 Å². The summed E-state index contributed by atoms with van der Waals surface area (Å²) >= 11 is -0.556. The van der Waals surface area contributed by atoms with Gasteiger partial charge in [-0.25, -0.2) is 0 Å². The zero-order valence-corrected chi connectivity index (χ0v) is 11.0. The molecule has 0 saturated heterocycles. The molecule has 0 nitrogen and oxygen atoms in total. The van der Waals surface area contributed by atoms with Crippen LogP contribution in [0.15, 0.2) is 0 Å². The van der Waals surface area contributed by atoms with E-state index in [2.05, 4.69) is 19.8 Å². The number of hydrogen-bond acceptors (Lipinski definition) is 0. The van der Waals surface area contributed by atoms with E-state index >= 15 is 0 Å². The number of hydrogen-bond donors (Lipinski definition) is 0. The van der Waals surface area contributed by atoms with Gasteiger partial charge in [-0.1, -0.05) is 6.92 Å². The van der Waals surface area contributed by atoms with Gasteiger partial charge in [-0.2, -0.15) is 0 Å². The molecule has 2 saturated carbocycles. The molecule has 0 N–H and O–H groups in total. The Morgan fingerprint density at radius 3 is 1.21 bits per heavy atom. The van der Waals surface area contributed by atoms with Crippen molar-refractivity contribution in [1.82, 2.24) is 0 Å². The first-order valence-corrected chi connectivity index (χ1v) is 8.42. The predicted molar refractivity (Wildman–Crippen MR) is 59.3 cm³/mol. The third-order valence-corrected chi connectivity index (χ3v) is 1.38. The molecular weight excluding hydrogens is 251 g/mol. The van der Waals surface area contributed by atoms with Crippen molar-refractivity contribution in [3.8, 4) is 0 Å². The van der Waals surface area contributed by atoms with Crippen LogP contribution in [0.2, 0.25) is 0 Å². The summed E-state index contributed by atoms with van der Waals surface area (Å²) in [5.74, 6) is 1.34. The Labute approximate surface area is 106 Å². The van der Waals surface area contributed by atoms with E-state index < -0.39 is 17.0 Å². The molecule has 0 spiro atoms. The van der Waals surface area contributed by atoms with E-state index in [1.807, 2.05) is 44.9 Å². The van der Waals surface area contributed by atoms with E-state index in [0.717, 1.165) is 0 Å². The molecule has 10 radical (unpaired) electrons. The van der Waals surface area contributed by atoms with E-state index in [4.69, 9.17) is 18.6 Å². The minimum atomic E-state index is -0.556. The Hall–Kier alpha value is 1.29. The summed E-state index contributed by atoms with van der Waals surface area (Å²) in [5, 5.41) is 0. The van der Waals surface area contributed by atoms with Crippen LogP contribution in [-0.2, 0) is 17.0 Å². The van der Waals surface area contributed by atoms with Crippen molar-refractivity contribution in [3.63, 3.8) is 0 Å². The average Bonchev–Trinajstić information content (AvgIpc) is 2.78. The topological polar surface area (TPSA) is 0 Å². The van der Waals surface area contributed by atoms with Gasteiger partial charge >= 0.3 is 35.6 Å². The van der Waals surface area contributed by atoms with Gasteiger partial charge in [0.05, 0.1) is 0 Å². The summed E-state index contributed by atoms with van der Waals surface area (Å²) < 4.78 is 0. The molecule has 0 bridgehead atoms. The Morgan fingerprint density at radius 2 is 1.07 bits per heavy atom. The monoisotopic (exact) mass is 262 g/mol. The molecule has 14 heavy (non-hydrogen) atoms. The van der Waals surface area contributed by atoms with Crippen LogP contribution < -0.4 is 0 Å². The van der Waals surface area contributed by atoms with Crippen LogP contribution in [0.4, 0.5) is 0 Å². The van der Waals surface area contributed by atoms with E-state index in [-0.39, 0.29) is 0 Å². The molecule has 0 aromatic carbocycles. The van der Waals surface area contributed by atoms with Crippen molar-refractivity contribution in [2.45, 2.75) is 6.92 Å². The summed E-state index contributed by atoms with van der Waals surface area (Å²) in [6.45, 7) is 2.08. The molecule has 0 amide bonds. The Bertz CT molecular complexity index is 91.9. The summed E-state index contributed by atoms with van der Waals surface area (Å²) in [5.41, 5.74) is 0. The van der Waals surface area contributed by atoms with E-state index in [0.29, 0.717) is 0 Å². The van der Waals surface area contributed by atoms with E-state index in [9.17, 15) is 0 Å². The van der Waals surface area contributed by atoms with Crippen LogP contribution >= 0.6 is 18.6 Å². The molecule has 3 heteroatoms. The Kier molecular flexibility index (Phi) is 13.5. The van der Waals surface area contributed by atoms with Crippen LogP contribution in [0.3, 0.4) is 0 Å². The zero-order valence-electron chi connectivity index (χ0n) is 7.95. The van der Waals surface area contributed by atoms with Gasteiger partial charge in [0, 0.05) is 0 Å². The molecule has 0 aromatic rings. The van der Waals surface area contributed by atoms with Crippen molar-refractivity contribution in [1.29, 1.82) is 0 Å². The molecule has 0 aromatic heterocycles. The molecule has 2 aliphatic carbocycles. The summed E-state index contributed by atoms with van der Waals surface area (Å²) in [6.07, 6.45) is 18.2. The second kappa shape index (κ2) is 12.4. The third kappa shape index (κ3) is 11.4. The maximum absolute atomic E-state index is 4.89. The van der Waals surface area contributed by atoms with Gasteiger partial charge in [-0.05, 0) is 63.7 Å². The summed E-state index contributed by atoms with van der Waals surface area (Å²) in [7, 11) is 9.78. The molecule has 0 unspecified atom stereocenters. The van der Waals surface area contributed by atoms with Crippen LogP contribution in [0, 0.1) is 63.7 Å². The fourth-order valence-electron chi connectivity index (χ4n) is 0.791. The maximum atomic E-state index is 4.89. The number of rotatable bonds is 0. The molecular formula is C11H12Cl2Ti.